The van der Waals surface area contributed by atoms with Gasteiger partial charge in [-0.05, 0) is 49.9 Å². The smallest absolute Gasteiger partial charge is 0.158 e. The minimum Gasteiger partial charge on any atom is -0.391 e. The Labute approximate surface area is 114 Å². The summed E-state index contributed by atoms with van der Waals surface area (Å²) in [4.78, 5) is 4.35. The van der Waals surface area contributed by atoms with Gasteiger partial charge >= 0.3 is 0 Å². The van der Waals surface area contributed by atoms with Crippen LogP contribution in [0.5, 0.6) is 0 Å². The highest BCUT2D eigenvalue weighted by Gasteiger charge is 2.13. The lowest BCUT2D eigenvalue weighted by molar-refractivity contribution is 0.146. The van der Waals surface area contributed by atoms with Gasteiger partial charge in [0.1, 0.15) is 6.33 Å². The Morgan fingerprint density at radius 1 is 1.16 bits per heavy atom. The standard InChI is InChI=1S/C15H21N3O/c1-5-13(19)8-18-15(16-9-17-18)14-7-11(3)10(2)6-12(14)4/h6-7,9,13,19H,5,8H2,1-4H3. The number of aromatic nitrogens is 3. The van der Waals surface area contributed by atoms with Crippen molar-refractivity contribution in [1.82, 2.24) is 14.8 Å². The van der Waals surface area contributed by atoms with Crippen LogP contribution in [0.25, 0.3) is 11.4 Å². The second-order valence-corrected chi connectivity index (χ2v) is 5.08. The average molecular weight is 259 g/mol. The van der Waals surface area contributed by atoms with E-state index in [0.29, 0.717) is 13.0 Å². The second kappa shape index (κ2) is 5.53. The summed E-state index contributed by atoms with van der Waals surface area (Å²) in [5.74, 6) is 0.827. The third-order valence-corrected chi connectivity index (χ3v) is 3.55. The Balaban J connectivity index is 2.42. The lowest BCUT2D eigenvalue weighted by atomic mass is 10.0. The molecule has 1 N–H and O–H groups in total. The molecular formula is C15H21N3O. The summed E-state index contributed by atoms with van der Waals surface area (Å²) in [6, 6.07) is 4.31. The van der Waals surface area contributed by atoms with Crippen molar-refractivity contribution in [3.63, 3.8) is 0 Å². The molecule has 4 nitrogen and oxygen atoms in total. The van der Waals surface area contributed by atoms with E-state index < -0.39 is 0 Å². The zero-order valence-corrected chi connectivity index (χ0v) is 12.0. The van der Waals surface area contributed by atoms with E-state index >= 15 is 0 Å². The largest absolute Gasteiger partial charge is 0.391 e. The molecule has 2 rings (SSSR count). The van der Waals surface area contributed by atoms with Gasteiger partial charge in [-0.25, -0.2) is 9.67 Å². The molecule has 0 amide bonds. The van der Waals surface area contributed by atoms with Crippen LogP contribution in [0.2, 0.25) is 0 Å². The number of rotatable bonds is 4. The van der Waals surface area contributed by atoms with E-state index in [1.807, 2.05) is 6.92 Å². The molecule has 0 saturated carbocycles. The van der Waals surface area contributed by atoms with Crippen LogP contribution in [0.15, 0.2) is 18.5 Å². The van der Waals surface area contributed by atoms with Gasteiger partial charge in [-0.3, -0.25) is 0 Å². The molecule has 0 fully saturated rings. The van der Waals surface area contributed by atoms with Crippen LogP contribution in [-0.2, 0) is 6.54 Å². The molecule has 1 aromatic carbocycles. The number of aryl methyl sites for hydroxylation is 3. The molecule has 0 aliphatic carbocycles. The van der Waals surface area contributed by atoms with E-state index in [9.17, 15) is 5.11 Å². The molecule has 102 valence electrons. The Morgan fingerprint density at radius 3 is 2.53 bits per heavy atom. The van der Waals surface area contributed by atoms with Crippen molar-refractivity contribution in [3.8, 4) is 11.4 Å². The fraction of sp³-hybridized carbons (Fsp3) is 0.467. The fourth-order valence-corrected chi connectivity index (χ4v) is 2.14. The number of hydrogen-bond acceptors (Lipinski definition) is 3. The Morgan fingerprint density at radius 2 is 1.84 bits per heavy atom. The molecule has 0 saturated heterocycles. The number of nitrogens with zero attached hydrogens (tertiary/aromatic N) is 3. The van der Waals surface area contributed by atoms with Crippen LogP contribution in [-0.4, -0.2) is 26.0 Å². The van der Waals surface area contributed by atoms with Crippen LogP contribution >= 0.6 is 0 Å². The lowest BCUT2D eigenvalue weighted by Crippen LogP contribution is -2.16. The van der Waals surface area contributed by atoms with Gasteiger partial charge < -0.3 is 5.11 Å². The average Bonchev–Trinajstić information content (AvgIpc) is 2.81. The maximum absolute atomic E-state index is 9.78. The lowest BCUT2D eigenvalue weighted by Gasteiger charge is -2.13. The van der Waals surface area contributed by atoms with Crippen LogP contribution in [0, 0.1) is 20.8 Å². The Hall–Kier alpha value is -1.68. The van der Waals surface area contributed by atoms with Gasteiger partial charge in [0.2, 0.25) is 0 Å². The van der Waals surface area contributed by atoms with E-state index in [-0.39, 0.29) is 6.10 Å². The first-order valence-electron chi connectivity index (χ1n) is 6.67. The summed E-state index contributed by atoms with van der Waals surface area (Å²) in [5, 5.41) is 14.0. The molecule has 0 aliphatic rings. The molecule has 2 aromatic rings. The van der Waals surface area contributed by atoms with Crippen molar-refractivity contribution in [2.45, 2.75) is 46.8 Å². The predicted molar refractivity (Wildman–Crippen MR) is 76.0 cm³/mol. The van der Waals surface area contributed by atoms with Gasteiger partial charge in [0.05, 0.1) is 12.6 Å². The molecule has 19 heavy (non-hydrogen) atoms. The zero-order chi connectivity index (χ0) is 14.0. The monoisotopic (exact) mass is 259 g/mol. The quantitative estimate of drug-likeness (QED) is 0.918. The maximum Gasteiger partial charge on any atom is 0.158 e. The topological polar surface area (TPSA) is 50.9 Å². The van der Waals surface area contributed by atoms with Crippen molar-refractivity contribution in [1.29, 1.82) is 0 Å². The minimum absolute atomic E-state index is 0.382. The highest BCUT2D eigenvalue weighted by Crippen LogP contribution is 2.24. The number of aliphatic hydroxyl groups is 1. The molecule has 0 radical (unpaired) electrons. The summed E-state index contributed by atoms with van der Waals surface area (Å²) in [5.41, 5.74) is 4.79. The zero-order valence-electron chi connectivity index (χ0n) is 12.0. The summed E-state index contributed by atoms with van der Waals surface area (Å²) < 4.78 is 1.78. The number of aliphatic hydroxyl groups excluding tert-OH is 1. The second-order valence-electron chi connectivity index (χ2n) is 5.08. The summed E-state index contributed by atoms with van der Waals surface area (Å²) in [7, 11) is 0. The molecular weight excluding hydrogens is 238 g/mol. The highest BCUT2D eigenvalue weighted by molar-refractivity contribution is 5.62. The third-order valence-electron chi connectivity index (χ3n) is 3.55. The molecule has 0 bridgehead atoms. The first kappa shape index (κ1) is 13.7. The van der Waals surface area contributed by atoms with Crippen LogP contribution in [0.1, 0.15) is 30.0 Å². The molecule has 1 unspecified atom stereocenters. The van der Waals surface area contributed by atoms with E-state index in [4.69, 9.17) is 0 Å². The maximum atomic E-state index is 9.78. The van der Waals surface area contributed by atoms with Crippen molar-refractivity contribution in [3.05, 3.63) is 35.2 Å². The van der Waals surface area contributed by atoms with Crippen LogP contribution in [0.4, 0.5) is 0 Å². The van der Waals surface area contributed by atoms with Crippen molar-refractivity contribution in [2.75, 3.05) is 0 Å². The van der Waals surface area contributed by atoms with Gasteiger partial charge in [0, 0.05) is 5.56 Å². The van der Waals surface area contributed by atoms with E-state index in [0.717, 1.165) is 11.4 Å². The predicted octanol–water partition coefficient (Wildman–Crippen LogP) is 2.64. The highest BCUT2D eigenvalue weighted by atomic mass is 16.3. The van der Waals surface area contributed by atoms with Crippen molar-refractivity contribution >= 4 is 0 Å². The molecule has 1 heterocycles. The Kier molecular flexibility index (Phi) is 4.00. The van der Waals surface area contributed by atoms with Crippen molar-refractivity contribution < 1.29 is 5.11 Å². The van der Waals surface area contributed by atoms with Crippen LogP contribution in [0.3, 0.4) is 0 Å². The fourth-order valence-electron chi connectivity index (χ4n) is 2.14. The summed E-state index contributed by atoms with van der Waals surface area (Å²) >= 11 is 0. The number of hydrogen-bond donors (Lipinski definition) is 1. The third kappa shape index (κ3) is 2.84. The van der Waals surface area contributed by atoms with Gasteiger partial charge in [-0.15, -0.1) is 0 Å². The van der Waals surface area contributed by atoms with E-state index in [1.165, 1.54) is 16.7 Å². The van der Waals surface area contributed by atoms with E-state index in [1.54, 1.807) is 11.0 Å². The van der Waals surface area contributed by atoms with Gasteiger partial charge in [-0.1, -0.05) is 13.0 Å². The normalized spacial score (nSPS) is 12.7. The first-order chi connectivity index (χ1) is 9.02. The van der Waals surface area contributed by atoms with Gasteiger partial charge in [0.25, 0.3) is 0 Å². The summed E-state index contributed by atoms with van der Waals surface area (Å²) in [6.45, 7) is 8.73. The van der Waals surface area contributed by atoms with Gasteiger partial charge in [-0.2, -0.15) is 5.10 Å². The van der Waals surface area contributed by atoms with Crippen molar-refractivity contribution in [2.24, 2.45) is 0 Å². The molecule has 0 spiro atoms. The first-order valence-corrected chi connectivity index (χ1v) is 6.67. The molecule has 1 atom stereocenters. The van der Waals surface area contributed by atoms with Gasteiger partial charge in [0.15, 0.2) is 5.82 Å². The van der Waals surface area contributed by atoms with Crippen LogP contribution < -0.4 is 0 Å². The minimum atomic E-state index is -0.382. The molecule has 4 heteroatoms. The Bertz CT molecular complexity index is 575. The molecule has 0 aliphatic heterocycles. The molecule has 1 aromatic heterocycles. The SMILES string of the molecule is CCC(O)Cn1ncnc1-c1cc(C)c(C)cc1C. The van der Waals surface area contributed by atoms with E-state index in [2.05, 4.69) is 43.0 Å². The number of benzene rings is 1. The summed E-state index contributed by atoms with van der Waals surface area (Å²) in [6.07, 6.45) is 1.88.